The van der Waals surface area contributed by atoms with Gasteiger partial charge in [0.15, 0.2) is 0 Å². The number of rotatable bonds is 4. The lowest BCUT2D eigenvalue weighted by Crippen LogP contribution is -2.48. The van der Waals surface area contributed by atoms with Crippen LogP contribution in [0.15, 0.2) is 48.5 Å². The fraction of sp³-hybridized carbons (Fsp3) is 0.440. The zero-order valence-corrected chi connectivity index (χ0v) is 18.9. The molecular weight excluding hydrogens is 404 g/mol. The lowest BCUT2D eigenvalue weighted by molar-refractivity contribution is 0.0746. The van der Waals surface area contributed by atoms with Crippen LogP contribution in [-0.4, -0.2) is 75.2 Å². The third-order valence-corrected chi connectivity index (χ3v) is 6.53. The molecule has 2 aromatic carbocycles. The molecule has 170 valence electrons. The number of urea groups is 1. The van der Waals surface area contributed by atoms with E-state index in [1.807, 2.05) is 40.1 Å². The summed E-state index contributed by atoms with van der Waals surface area (Å²) in [6.07, 6.45) is 2.01. The standard InChI is InChI=1S/C25H32N4O3/c1-26-25(31)29-12-4-7-21(18-29)19-5-3-6-20(17-19)24(30)28-15-13-27(14-16-28)22-8-10-23(32-2)11-9-22/h3,5-6,8-11,17,21H,4,7,12-16,18H2,1-2H3,(H,26,31)/t21-/m1/s1. The van der Waals surface area contributed by atoms with Crippen LogP contribution in [0.5, 0.6) is 5.75 Å². The maximum atomic E-state index is 13.2. The molecule has 2 saturated heterocycles. The van der Waals surface area contributed by atoms with E-state index in [1.54, 1.807) is 14.2 Å². The Bertz CT molecular complexity index is 938. The summed E-state index contributed by atoms with van der Waals surface area (Å²) < 4.78 is 5.24. The average Bonchev–Trinajstić information content (AvgIpc) is 2.88. The predicted octanol–water partition coefficient (Wildman–Crippen LogP) is 3.18. The predicted molar refractivity (Wildman–Crippen MR) is 126 cm³/mol. The van der Waals surface area contributed by atoms with Crippen molar-refractivity contribution in [2.75, 3.05) is 58.3 Å². The molecule has 32 heavy (non-hydrogen) atoms. The number of likely N-dealkylation sites (tertiary alicyclic amines) is 1. The van der Waals surface area contributed by atoms with Crippen molar-refractivity contribution < 1.29 is 14.3 Å². The van der Waals surface area contributed by atoms with Gasteiger partial charge in [0.2, 0.25) is 0 Å². The van der Waals surface area contributed by atoms with Crippen molar-refractivity contribution in [1.29, 1.82) is 0 Å². The lowest BCUT2D eigenvalue weighted by atomic mass is 9.89. The summed E-state index contributed by atoms with van der Waals surface area (Å²) in [5.74, 6) is 1.19. The first-order chi connectivity index (χ1) is 15.6. The van der Waals surface area contributed by atoms with E-state index in [0.717, 1.165) is 55.0 Å². The number of carbonyl (C=O) groups is 2. The first kappa shape index (κ1) is 22.0. The molecule has 3 amide bonds. The van der Waals surface area contributed by atoms with Crippen LogP contribution in [0.1, 0.15) is 34.7 Å². The van der Waals surface area contributed by atoms with E-state index in [-0.39, 0.29) is 17.9 Å². The van der Waals surface area contributed by atoms with Crippen molar-refractivity contribution in [3.05, 3.63) is 59.7 Å². The zero-order chi connectivity index (χ0) is 22.5. The molecule has 2 aliphatic heterocycles. The first-order valence-electron chi connectivity index (χ1n) is 11.3. The third kappa shape index (κ3) is 4.82. The number of anilines is 1. The molecule has 0 bridgehead atoms. The summed E-state index contributed by atoms with van der Waals surface area (Å²) in [6, 6.07) is 16.0. The molecule has 4 rings (SSSR count). The van der Waals surface area contributed by atoms with Crippen molar-refractivity contribution in [3.8, 4) is 5.75 Å². The highest BCUT2D eigenvalue weighted by molar-refractivity contribution is 5.94. The summed E-state index contributed by atoms with van der Waals surface area (Å²) in [5.41, 5.74) is 3.02. The minimum Gasteiger partial charge on any atom is -0.497 e. The molecule has 0 spiro atoms. The smallest absolute Gasteiger partial charge is 0.317 e. The van der Waals surface area contributed by atoms with E-state index in [2.05, 4.69) is 28.4 Å². The maximum absolute atomic E-state index is 13.2. The van der Waals surface area contributed by atoms with E-state index >= 15 is 0 Å². The Morgan fingerprint density at radius 2 is 1.72 bits per heavy atom. The Hall–Kier alpha value is -3.22. The monoisotopic (exact) mass is 436 g/mol. The minimum atomic E-state index is -0.0309. The van der Waals surface area contributed by atoms with Gasteiger partial charge in [-0.2, -0.15) is 0 Å². The largest absolute Gasteiger partial charge is 0.497 e. The van der Waals surface area contributed by atoms with Crippen molar-refractivity contribution in [2.24, 2.45) is 0 Å². The number of methoxy groups -OCH3 is 1. The van der Waals surface area contributed by atoms with Gasteiger partial charge < -0.3 is 24.8 Å². The molecule has 0 aromatic heterocycles. The molecule has 1 N–H and O–H groups in total. The summed E-state index contributed by atoms with van der Waals surface area (Å²) in [5, 5.41) is 2.72. The van der Waals surface area contributed by atoms with Gasteiger partial charge in [-0.25, -0.2) is 4.79 Å². The highest BCUT2D eigenvalue weighted by atomic mass is 16.5. The first-order valence-corrected chi connectivity index (χ1v) is 11.3. The Kier molecular flexibility index (Phi) is 6.83. The number of nitrogens with zero attached hydrogens (tertiary/aromatic N) is 3. The number of nitrogens with one attached hydrogen (secondary N) is 1. The molecule has 2 aromatic rings. The molecule has 2 aliphatic rings. The fourth-order valence-electron chi connectivity index (χ4n) is 4.66. The van der Waals surface area contributed by atoms with Crippen LogP contribution in [-0.2, 0) is 0 Å². The lowest BCUT2D eigenvalue weighted by Gasteiger charge is -2.36. The van der Waals surface area contributed by atoms with Gasteiger partial charge in [-0.05, 0) is 54.8 Å². The van der Waals surface area contributed by atoms with Gasteiger partial charge in [-0.15, -0.1) is 0 Å². The van der Waals surface area contributed by atoms with Gasteiger partial charge in [0, 0.05) is 63.5 Å². The Morgan fingerprint density at radius 3 is 2.41 bits per heavy atom. The Labute approximate surface area is 189 Å². The topological polar surface area (TPSA) is 65.1 Å². The molecule has 0 aliphatic carbocycles. The Balaban J connectivity index is 1.38. The summed E-state index contributed by atoms with van der Waals surface area (Å²) >= 11 is 0. The van der Waals surface area contributed by atoms with Gasteiger partial charge in [-0.3, -0.25) is 4.79 Å². The number of hydrogen-bond donors (Lipinski definition) is 1. The number of benzene rings is 2. The van der Waals surface area contributed by atoms with E-state index < -0.39 is 0 Å². The highest BCUT2D eigenvalue weighted by Crippen LogP contribution is 2.28. The van der Waals surface area contributed by atoms with E-state index in [1.165, 1.54) is 0 Å². The second-order valence-corrected chi connectivity index (χ2v) is 8.44. The third-order valence-electron chi connectivity index (χ3n) is 6.53. The van der Waals surface area contributed by atoms with Crippen molar-refractivity contribution in [1.82, 2.24) is 15.1 Å². The molecule has 2 heterocycles. The average molecular weight is 437 g/mol. The zero-order valence-electron chi connectivity index (χ0n) is 18.9. The van der Waals surface area contributed by atoms with E-state index in [9.17, 15) is 9.59 Å². The normalized spacial score (nSPS) is 18.9. The van der Waals surface area contributed by atoms with Gasteiger partial charge >= 0.3 is 6.03 Å². The van der Waals surface area contributed by atoms with Crippen LogP contribution in [0.25, 0.3) is 0 Å². The number of ether oxygens (including phenoxy) is 1. The van der Waals surface area contributed by atoms with Crippen LogP contribution in [0.2, 0.25) is 0 Å². The van der Waals surface area contributed by atoms with Crippen molar-refractivity contribution in [3.63, 3.8) is 0 Å². The summed E-state index contributed by atoms with van der Waals surface area (Å²) in [6.45, 7) is 4.49. The van der Waals surface area contributed by atoms with Crippen molar-refractivity contribution >= 4 is 17.6 Å². The molecule has 2 fully saturated rings. The van der Waals surface area contributed by atoms with Crippen molar-refractivity contribution in [2.45, 2.75) is 18.8 Å². The molecule has 0 unspecified atom stereocenters. The van der Waals surface area contributed by atoms with Gasteiger partial charge in [-0.1, -0.05) is 12.1 Å². The minimum absolute atomic E-state index is 0.0309. The molecular formula is C25H32N4O3. The molecule has 0 radical (unpaired) electrons. The van der Waals surface area contributed by atoms with Crippen LogP contribution >= 0.6 is 0 Å². The fourth-order valence-corrected chi connectivity index (χ4v) is 4.66. The summed E-state index contributed by atoms with van der Waals surface area (Å²) in [7, 11) is 3.33. The van der Waals surface area contributed by atoms with Crippen LogP contribution in [0.4, 0.5) is 10.5 Å². The molecule has 1 atom stereocenters. The molecule has 7 nitrogen and oxygen atoms in total. The molecule has 7 heteroatoms. The van der Waals surface area contributed by atoms with E-state index in [4.69, 9.17) is 4.74 Å². The second-order valence-electron chi connectivity index (χ2n) is 8.44. The second kappa shape index (κ2) is 9.94. The van der Waals surface area contributed by atoms with Gasteiger partial charge in [0.05, 0.1) is 7.11 Å². The van der Waals surface area contributed by atoms with Gasteiger partial charge in [0.25, 0.3) is 5.91 Å². The Morgan fingerprint density at radius 1 is 0.969 bits per heavy atom. The number of hydrogen-bond acceptors (Lipinski definition) is 4. The quantitative estimate of drug-likeness (QED) is 0.800. The van der Waals surface area contributed by atoms with Crippen LogP contribution < -0.4 is 15.0 Å². The van der Waals surface area contributed by atoms with Crippen LogP contribution in [0, 0.1) is 0 Å². The number of piperazine rings is 1. The van der Waals surface area contributed by atoms with Crippen LogP contribution in [0.3, 0.4) is 0 Å². The van der Waals surface area contributed by atoms with E-state index in [0.29, 0.717) is 19.6 Å². The molecule has 0 saturated carbocycles. The highest BCUT2D eigenvalue weighted by Gasteiger charge is 2.26. The number of carbonyl (C=O) groups excluding carboxylic acids is 2. The van der Waals surface area contributed by atoms with Gasteiger partial charge in [0.1, 0.15) is 5.75 Å². The number of piperidine rings is 1. The number of amides is 3. The summed E-state index contributed by atoms with van der Waals surface area (Å²) in [4.78, 5) is 31.3. The maximum Gasteiger partial charge on any atom is 0.317 e. The SMILES string of the molecule is CNC(=O)N1CCC[C@@H](c2cccc(C(=O)N3CCN(c4ccc(OC)cc4)CC3)c2)C1.